The smallest absolute Gasteiger partial charge is 0.337 e. The topological polar surface area (TPSA) is 61.2 Å². The third-order valence-corrected chi connectivity index (χ3v) is 4.50. The number of hydrogen-bond donors (Lipinski definition) is 0. The molecule has 0 unspecified atom stereocenters. The minimum absolute atomic E-state index is 0.0742. The first kappa shape index (κ1) is 19.2. The second-order valence-electron chi connectivity index (χ2n) is 6.52. The molecule has 1 aromatic carbocycles. The number of nitrogens with zero attached hydrogens (tertiary/aromatic N) is 2. The number of carbonyl (C=O) groups excluding carboxylic acids is 1. The lowest BCUT2D eigenvalue weighted by atomic mass is 10.1. The maximum Gasteiger partial charge on any atom is 0.337 e. The molecule has 5 nitrogen and oxygen atoms in total. The number of thioether (sulfide) groups is 1. The molecule has 0 aliphatic carbocycles. The van der Waals surface area contributed by atoms with Gasteiger partial charge >= 0.3 is 5.97 Å². The zero-order chi connectivity index (χ0) is 18.6. The number of allylic oxidation sites excluding steroid dienone is 1. The Morgan fingerprint density at radius 2 is 2.08 bits per heavy atom. The molecule has 0 spiro atoms. The summed E-state index contributed by atoms with van der Waals surface area (Å²) < 4.78 is 6.48. The summed E-state index contributed by atoms with van der Waals surface area (Å²) >= 11 is 1.53. The van der Waals surface area contributed by atoms with E-state index in [9.17, 15) is 9.59 Å². The summed E-state index contributed by atoms with van der Waals surface area (Å²) in [6, 6.07) is 4.87. The molecule has 2 rings (SSSR count). The third-order valence-electron chi connectivity index (χ3n) is 3.59. The van der Waals surface area contributed by atoms with Gasteiger partial charge in [-0.25, -0.2) is 9.78 Å². The molecule has 0 aliphatic rings. The minimum Gasteiger partial charge on any atom is -0.465 e. The first-order valence-electron chi connectivity index (χ1n) is 8.22. The number of fused-ring (bicyclic) bond motifs is 1. The highest BCUT2D eigenvalue weighted by Gasteiger charge is 2.14. The highest BCUT2D eigenvalue weighted by molar-refractivity contribution is 7.99. The number of rotatable bonds is 6. The van der Waals surface area contributed by atoms with Gasteiger partial charge in [-0.1, -0.05) is 37.3 Å². The predicted molar refractivity (Wildman–Crippen MR) is 102 cm³/mol. The van der Waals surface area contributed by atoms with Gasteiger partial charge in [0.05, 0.1) is 23.6 Å². The normalized spacial score (nSPS) is 11.0. The van der Waals surface area contributed by atoms with Crippen molar-refractivity contribution >= 4 is 28.6 Å². The van der Waals surface area contributed by atoms with Crippen LogP contribution in [0.15, 0.2) is 39.8 Å². The fourth-order valence-electron chi connectivity index (χ4n) is 2.36. The summed E-state index contributed by atoms with van der Waals surface area (Å²) in [6.45, 7) is 8.83. The molecule has 0 saturated carbocycles. The molecule has 0 aliphatic heterocycles. The largest absolute Gasteiger partial charge is 0.465 e. The van der Waals surface area contributed by atoms with E-state index in [1.807, 2.05) is 13.8 Å². The van der Waals surface area contributed by atoms with E-state index in [1.165, 1.54) is 24.4 Å². The van der Waals surface area contributed by atoms with Crippen molar-refractivity contribution in [1.29, 1.82) is 0 Å². The van der Waals surface area contributed by atoms with Gasteiger partial charge in [0.2, 0.25) is 0 Å². The van der Waals surface area contributed by atoms with Crippen molar-refractivity contribution in [2.24, 2.45) is 5.92 Å². The van der Waals surface area contributed by atoms with E-state index in [0.717, 1.165) is 5.75 Å². The first-order valence-corrected chi connectivity index (χ1v) is 9.21. The van der Waals surface area contributed by atoms with Gasteiger partial charge in [0.25, 0.3) is 5.56 Å². The summed E-state index contributed by atoms with van der Waals surface area (Å²) in [7, 11) is 1.33. The molecule has 0 radical (unpaired) electrons. The van der Waals surface area contributed by atoms with Crippen LogP contribution in [0.4, 0.5) is 0 Å². The second-order valence-corrected chi connectivity index (χ2v) is 7.51. The summed E-state index contributed by atoms with van der Waals surface area (Å²) in [4.78, 5) is 29.3. The highest BCUT2D eigenvalue weighted by Crippen LogP contribution is 2.20. The number of esters is 1. The van der Waals surface area contributed by atoms with Crippen LogP contribution in [0.1, 0.15) is 38.1 Å². The summed E-state index contributed by atoms with van der Waals surface area (Å²) in [5.41, 5.74) is 2.06. The lowest BCUT2D eigenvalue weighted by molar-refractivity contribution is 0.0601. The van der Waals surface area contributed by atoms with Crippen molar-refractivity contribution in [3.63, 3.8) is 0 Å². The summed E-state index contributed by atoms with van der Waals surface area (Å²) in [6.07, 6.45) is 2.10. The van der Waals surface area contributed by atoms with E-state index in [0.29, 0.717) is 34.1 Å². The van der Waals surface area contributed by atoms with Crippen LogP contribution in [0.2, 0.25) is 0 Å². The molecule has 2 aromatic rings. The van der Waals surface area contributed by atoms with Gasteiger partial charge < -0.3 is 4.74 Å². The molecule has 0 fully saturated rings. The van der Waals surface area contributed by atoms with Crippen LogP contribution in [0.3, 0.4) is 0 Å². The quantitative estimate of drug-likeness (QED) is 0.338. The van der Waals surface area contributed by atoms with E-state index < -0.39 is 5.97 Å². The average Bonchev–Trinajstić information content (AvgIpc) is 2.56. The monoisotopic (exact) mass is 360 g/mol. The van der Waals surface area contributed by atoms with Crippen molar-refractivity contribution in [3.8, 4) is 0 Å². The van der Waals surface area contributed by atoms with Crippen molar-refractivity contribution in [2.75, 3.05) is 12.9 Å². The maximum atomic E-state index is 12.9. The molecular weight excluding hydrogens is 336 g/mol. The summed E-state index contributed by atoms with van der Waals surface area (Å²) in [5.74, 6) is 0.637. The molecule has 6 heteroatoms. The van der Waals surface area contributed by atoms with Crippen molar-refractivity contribution in [1.82, 2.24) is 9.55 Å². The maximum absolute atomic E-state index is 12.9. The van der Waals surface area contributed by atoms with Crippen LogP contribution >= 0.6 is 11.8 Å². The van der Waals surface area contributed by atoms with Crippen molar-refractivity contribution in [2.45, 2.75) is 39.4 Å². The van der Waals surface area contributed by atoms with Gasteiger partial charge in [0.1, 0.15) is 0 Å². The van der Waals surface area contributed by atoms with E-state index in [-0.39, 0.29) is 5.56 Å². The van der Waals surface area contributed by atoms with Gasteiger partial charge in [-0.15, -0.1) is 0 Å². The van der Waals surface area contributed by atoms with Gasteiger partial charge in [0.15, 0.2) is 5.16 Å². The lowest BCUT2D eigenvalue weighted by Crippen LogP contribution is -2.25. The molecule has 0 bridgehead atoms. The van der Waals surface area contributed by atoms with Gasteiger partial charge in [-0.2, -0.15) is 0 Å². The fourth-order valence-corrected chi connectivity index (χ4v) is 3.41. The Kier molecular flexibility index (Phi) is 6.42. The summed E-state index contributed by atoms with van der Waals surface area (Å²) in [5, 5.41) is 1.19. The molecule has 0 atom stereocenters. The second kappa shape index (κ2) is 8.34. The average molecular weight is 360 g/mol. The Labute approximate surface area is 152 Å². The molecule has 0 N–H and O–H groups in total. The van der Waals surface area contributed by atoms with Crippen LogP contribution in [-0.4, -0.2) is 28.4 Å². The Hall–Kier alpha value is -2.08. The number of benzene rings is 1. The number of ether oxygens (including phenoxy) is 1. The van der Waals surface area contributed by atoms with E-state index >= 15 is 0 Å². The molecule has 134 valence electrons. The third kappa shape index (κ3) is 4.72. The molecular formula is C19H24N2O3S. The van der Waals surface area contributed by atoms with Crippen LogP contribution in [-0.2, 0) is 11.3 Å². The predicted octanol–water partition coefficient (Wildman–Crippen LogP) is 3.90. The van der Waals surface area contributed by atoms with Crippen molar-refractivity contribution in [3.05, 3.63) is 45.8 Å². The fraction of sp³-hybridized carbons (Fsp3) is 0.421. The van der Waals surface area contributed by atoms with Gasteiger partial charge in [-0.3, -0.25) is 9.36 Å². The number of carbonyl (C=O) groups is 1. The molecule has 1 heterocycles. The SMILES string of the molecule is COC(=O)c1ccc2c(=O)n(CC(C)C)c(SCC=C(C)C)nc2c1. The molecule has 0 saturated heterocycles. The van der Waals surface area contributed by atoms with Crippen LogP contribution in [0, 0.1) is 5.92 Å². The van der Waals surface area contributed by atoms with Gasteiger partial charge in [0, 0.05) is 12.3 Å². The molecule has 25 heavy (non-hydrogen) atoms. The highest BCUT2D eigenvalue weighted by atomic mass is 32.2. The van der Waals surface area contributed by atoms with Crippen LogP contribution in [0.5, 0.6) is 0 Å². The number of hydrogen-bond acceptors (Lipinski definition) is 5. The van der Waals surface area contributed by atoms with Gasteiger partial charge in [-0.05, 0) is 38.0 Å². The number of methoxy groups -OCH3 is 1. The molecule has 1 aromatic heterocycles. The zero-order valence-electron chi connectivity index (χ0n) is 15.3. The lowest BCUT2D eigenvalue weighted by Gasteiger charge is -2.14. The first-order chi connectivity index (χ1) is 11.8. The van der Waals surface area contributed by atoms with Crippen molar-refractivity contribution < 1.29 is 9.53 Å². The Bertz CT molecular complexity index is 865. The van der Waals surface area contributed by atoms with E-state index in [4.69, 9.17) is 4.74 Å². The Balaban J connectivity index is 2.58. The standard InChI is InChI=1S/C19H24N2O3S/c1-12(2)8-9-25-19-20-16-10-14(18(23)24-5)6-7-15(16)17(22)21(19)11-13(3)4/h6-8,10,13H,9,11H2,1-5H3. The van der Waals surface area contributed by atoms with Crippen LogP contribution < -0.4 is 5.56 Å². The molecule has 0 amide bonds. The van der Waals surface area contributed by atoms with Crippen LogP contribution in [0.25, 0.3) is 10.9 Å². The zero-order valence-corrected chi connectivity index (χ0v) is 16.1. The van der Waals surface area contributed by atoms with E-state index in [1.54, 1.807) is 22.8 Å². The Morgan fingerprint density at radius 3 is 2.68 bits per heavy atom. The Morgan fingerprint density at radius 1 is 1.36 bits per heavy atom. The minimum atomic E-state index is -0.436. The number of aromatic nitrogens is 2. The van der Waals surface area contributed by atoms with E-state index in [2.05, 4.69) is 24.9 Å².